The summed E-state index contributed by atoms with van der Waals surface area (Å²) in [5.74, 6) is -0.652. The van der Waals surface area contributed by atoms with E-state index in [9.17, 15) is 14.9 Å². The summed E-state index contributed by atoms with van der Waals surface area (Å²) in [5, 5.41) is 18.9. The molecule has 2 aliphatic rings. The van der Waals surface area contributed by atoms with Gasteiger partial charge in [-0.15, -0.1) is 0 Å². The van der Waals surface area contributed by atoms with E-state index in [1.807, 2.05) is 0 Å². The number of carbonyl (C=O) groups is 1. The first-order chi connectivity index (χ1) is 9.16. The molecule has 0 radical (unpaired) electrons. The third-order valence-corrected chi connectivity index (χ3v) is 2.97. The lowest BCUT2D eigenvalue weighted by Gasteiger charge is -2.25. The van der Waals surface area contributed by atoms with Crippen LogP contribution in [0.4, 0.5) is 11.4 Å². The van der Waals surface area contributed by atoms with Crippen molar-refractivity contribution in [3.05, 3.63) is 34.4 Å². The number of nitro groups is 1. The predicted molar refractivity (Wildman–Crippen MR) is 68.0 cm³/mol. The Morgan fingerprint density at radius 1 is 1.42 bits per heavy atom. The van der Waals surface area contributed by atoms with Gasteiger partial charge in [-0.25, -0.2) is 10.0 Å². The maximum atomic E-state index is 11.6. The van der Waals surface area contributed by atoms with Crippen molar-refractivity contribution in [2.45, 2.75) is 6.17 Å². The van der Waals surface area contributed by atoms with Gasteiger partial charge in [0.05, 0.1) is 16.9 Å². The molecule has 1 N–H and O–H groups in total. The highest BCUT2D eigenvalue weighted by atomic mass is 16.6. The number of hydrazone groups is 1. The van der Waals surface area contributed by atoms with Crippen molar-refractivity contribution in [3.63, 3.8) is 0 Å². The van der Waals surface area contributed by atoms with Crippen LogP contribution < -0.4 is 10.3 Å². The first kappa shape index (κ1) is 11.3. The van der Waals surface area contributed by atoms with Gasteiger partial charge < -0.3 is 5.32 Å². The van der Waals surface area contributed by atoms with E-state index in [0.29, 0.717) is 5.69 Å². The van der Waals surface area contributed by atoms with Crippen LogP contribution in [0.15, 0.2) is 34.4 Å². The van der Waals surface area contributed by atoms with Gasteiger partial charge in [0.1, 0.15) is 5.92 Å². The van der Waals surface area contributed by atoms with Crippen molar-refractivity contribution in [1.82, 2.24) is 5.32 Å². The molecule has 96 valence electrons. The van der Waals surface area contributed by atoms with E-state index in [1.54, 1.807) is 12.1 Å². The lowest BCUT2D eigenvalue weighted by molar-refractivity contribution is -0.384. The number of hydrogen-bond donors (Lipinski definition) is 1. The minimum Gasteiger partial charge on any atom is -0.316 e. The molecule has 2 atom stereocenters. The van der Waals surface area contributed by atoms with Crippen LogP contribution in [0.1, 0.15) is 0 Å². The number of nitrogens with zero attached hydrogens (tertiary/aromatic N) is 4. The number of hydrogen-bond acceptors (Lipinski definition) is 6. The normalized spacial score (nSPS) is 24.2. The maximum Gasteiger partial charge on any atom is 0.271 e. The Morgan fingerprint density at radius 3 is 3.05 bits per heavy atom. The standard InChI is InChI=1S/C11H9N5O3/c17-11-9-5-14-15(10(9)12-6-13-11)7-2-1-3-8(4-7)16(18)19/h1-6,9-10H,(H,12,13,17). The van der Waals surface area contributed by atoms with Gasteiger partial charge in [0.15, 0.2) is 6.17 Å². The summed E-state index contributed by atoms with van der Waals surface area (Å²) < 4.78 is 0. The highest BCUT2D eigenvalue weighted by Crippen LogP contribution is 2.29. The summed E-state index contributed by atoms with van der Waals surface area (Å²) in [6, 6.07) is 6.07. The molecule has 2 aliphatic heterocycles. The number of amides is 1. The van der Waals surface area contributed by atoms with E-state index in [4.69, 9.17) is 0 Å². The summed E-state index contributed by atoms with van der Waals surface area (Å²) in [6.07, 6.45) is 2.34. The van der Waals surface area contributed by atoms with E-state index in [1.165, 1.54) is 29.7 Å². The van der Waals surface area contributed by atoms with Gasteiger partial charge in [0.2, 0.25) is 5.91 Å². The molecule has 3 rings (SSSR count). The summed E-state index contributed by atoms with van der Waals surface area (Å²) in [6.45, 7) is 0. The second kappa shape index (κ2) is 4.16. The Labute approximate surface area is 107 Å². The predicted octanol–water partition coefficient (Wildman–Crippen LogP) is 0.501. The largest absolute Gasteiger partial charge is 0.316 e. The molecule has 0 fully saturated rings. The fourth-order valence-corrected chi connectivity index (χ4v) is 2.04. The topological polar surface area (TPSA) is 100 Å². The van der Waals surface area contributed by atoms with Crippen LogP contribution in [-0.2, 0) is 4.79 Å². The monoisotopic (exact) mass is 259 g/mol. The molecular weight excluding hydrogens is 250 g/mol. The zero-order chi connectivity index (χ0) is 13.4. The highest BCUT2D eigenvalue weighted by Gasteiger charge is 2.38. The maximum absolute atomic E-state index is 11.6. The Hall–Kier alpha value is -2.77. The van der Waals surface area contributed by atoms with Crippen molar-refractivity contribution < 1.29 is 9.72 Å². The van der Waals surface area contributed by atoms with Crippen LogP contribution in [0.2, 0.25) is 0 Å². The number of benzene rings is 1. The first-order valence-electron chi connectivity index (χ1n) is 5.56. The number of aliphatic imine (C=N–C) groups is 1. The minimum atomic E-state index is -0.476. The number of nitrogens with one attached hydrogen (secondary N) is 1. The molecule has 0 aliphatic carbocycles. The Kier molecular flexibility index (Phi) is 2.48. The number of carbonyl (C=O) groups excluding carboxylic acids is 1. The van der Waals surface area contributed by atoms with Crippen molar-refractivity contribution >= 4 is 29.8 Å². The molecule has 8 heteroatoms. The zero-order valence-electron chi connectivity index (χ0n) is 9.63. The summed E-state index contributed by atoms with van der Waals surface area (Å²) >= 11 is 0. The summed E-state index contributed by atoms with van der Waals surface area (Å²) in [4.78, 5) is 26.0. The lowest BCUT2D eigenvalue weighted by atomic mass is 10.1. The SMILES string of the molecule is O=C1NC=NC2C1C=NN2c1cccc([N+](=O)[O-])c1. The Balaban J connectivity index is 1.95. The van der Waals surface area contributed by atoms with Gasteiger partial charge in [0, 0.05) is 18.3 Å². The zero-order valence-corrected chi connectivity index (χ0v) is 9.63. The average Bonchev–Trinajstić information content (AvgIpc) is 2.84. The van der Waals surface area contributed by atoms with Gasteiger partial charge in [-0.1, -0.05) is 6.07 Å². The smallest absolute Gasteiger partial charge is 0.271 e. The van der Waals surface area contributed by atoms with Crippen molar-refractivity contribution in [1.29, 1.82) is 0 Å². The lowest BCUT2D eigenvalue weighted by Crippen LogP contribution is -2.44. The van der Waals surface area contributed by atoms with E-state index >= 15 is 0 Å². The van der Waals surface area contributed by atoms with Crippen LogP contribution in [0.5, 0.6) is 0 Å². The molecule has 19 heavy (non-hydrogen) atoms. The van der Waals surface area contributed by atoms with Crippen LogP contribution >= 0.6 is 0 Å². The number of fused-ring (bicyclic) bond motifs is 1. The minimum absolute atomic E-state index is 0.0274. The molecule has 1 aromatic rings. The molecule has 1 aromatic carbocycles. The fraction of sp³-hybridized carbons (Fsp3) is 0.182. The molecular formula is C11H9N5O3. The molecule has 0 bridgehead atoms. The second-order valence-corrected chi connectivity index (χ2v) is 4.11. The summed E-state index contributed by atoms with van der Waals surface area (Å²) in [5.41, 5.74) is 0.505. The highest BCUT2D eigenvalue weighted by molar-refractivity contribution is 6.03. The molecule has 0 spiro atoms. The van der Waals surface area contributed by atoms with E-state index in [0.717, 1.165) is 0 Å². The van der Waals surface area contributed by atoms with Gasteiger partial charge >= 0.3 is 0 Å². The Bertz CT molecular complexity index is 612. The van der Waals surface area contributed by atoms with Crippen LogP contribution in [0, 0.1) is 16.0 Å². The van der Waals surface area contributed by atoms with Crippen molar-refractivity contribution in [2.24, 2.45) is 16.0 Å². The van der Waals surface area contributed by atoms with E-state index in [-0.39, 0.29) is 11.6 Å². The number of non-ortho nitro benzene ring substituents is 1. The molecule has 2 heterocycles. The fourth-order valence-electron chi connectivity index (χ4n) is 2.04. The summed E-state index contributed by atoms with van der Waals surface area (Å²) in [7, 11) is 0. The van der Waals surface area contributed by atoms with Crippen LogP contribution in [0.25, 0.3) is 0 Å². The van der Waals surface area contributed by atoms with E-state index in [2.05, 4.69) is 15.4 Å². The number of anilines is 1. The quantitative estimate of drug-likeness (QED) is 0.617. The number of rotatable bonds is 2. The van der Waals surface area contributed by atoms with Crippen LogP contribution in [-0.4, -0.2) is 29.5 Å². The Morgan fingerprint density at radius 2 is 2.26 bits per heavy atom. The van der Waals surface area contributed by atoms with Gasteiger partial charge in [-0.2, -0.15) is 5.10 Å². The molecule has 1 amide bonds. The average molecular weight is 259 g/mol. The molecule has 8 nitrogen and oxygen atoms in total. The first-order valence-corrected chi connectivity index (χ1v) is 5.56. The van der Waals surface area contributed by atoms with Gasteiger partial charge in [-0.3, -0.25) is 14.9 Å². The third-order valence-electron chi connectivity index (χ3n) is 2.97. The van der Waals surface area contributed by atoms with E-state index < -0.39 is 17.0 Å². The number of nitro benzene ring substituents is 1. The second-order valence-electron chi connectivity index (χ2n) is 4.11. The molecule has 0 saturated carbocycles. The molecule has 2 unspecified atom stereocenters. The molecule has 0 aromatic heterocycles. The van der Waals surface area contributed by atoms with Gasteiger partial charge in [-0.05, 0) is 6.07 Å². The van der Waals surface area contributed by atoms with Crippen LogP contribution in [0.3, 0.4) is 0 Å². The molecule has 0 saturated heterocycles. The van der Waals surface area contributed by atoms with Crippen molar-refractivity contribution in [2.75, 3.05) is 5.01 Å². The van der Waals surface area contributed by atoms with Gasteiger partial charge in [0.25, 0.3) is 5.69 Å². The third kappa shape index (κ3) is 1.82. The van der Waals surface area contributed by atoms with Crippen molar-refractivity contribution in [3.8, 4) is 0 Å².